The minimum atomic E-state index is 0.511. The van der Waals surface area contributed by atoms with Crippen molar-refractivity contribution in [2.45, 2.75) is 0 Å². The number of thiophene rings is 1. The number of nitrogens with zero attached hydrogens (tertiary/aromatic N) is 3. The highest BCUT2D eigenvalue weighted by molar-refractivity contribution is 7.99. The molecule has 0 spiro atoms. The number of hydrogen-bond acceptors (Lipinski definition) is 10. The van der Waals surface area contributed by atoms with Gasteiger partial charge in [-0.1, -0.05) is 24.1 Å². The number of anilines is 6. The van der Waals surface area contributed by atoms with Crippen molar-refractivity contribution in [3.8, 4) is 5.75 Å². The summed E-state index contributed by atoms with van der Waals surface area (Å²) in [4.78, 5) is 11.9. The maximum absolute atomic E-state index is 5.71. The van der Waals surface area contributed by atoms with Crippen LogP contribution in [-0.2, 0) is 0 Å². The molecular weight excluding hydrogens is 466 g/mol. The lowest BCUT2D eigenvalue weighted by Gasteiger charge is -2.30. The Hall–Kier alpha value is -3.21. The minimum absolute atomic E-state index is 0.511. The first-order valence-corrected chi connectivity index (χ1v) is 13.2. The standard InChI is InChI=1S/C24H27N7OS2/c1-32-21-15-16(31-12-10-25-11-13-31)7-8-19(21)27-24-28-20-9-14-34-22(20)23(29-24)26-17-5-3-4-6-18(17)30-33-2/h3-9,14-15,25,30H,10-13H2,1-2H3,(H2,26,27,28,29). The molecule has 1 aliphatic rings. The second kappa shape index (κ2) is 10.4. The topological polar surface area (TPSA) is 86.4 Å². The first-order chi connectivity index (χ1) is 16.7. The average Bonchev–Trinajstić information content (AvgIpc) is 3.35. The van der Waals surface area contributed by atoms with E-state index in [0.29, 0.717) is 5.95 Å². The summed E-state index contributed by atoms with van der Waals surface area (Å²) in [5.74, 6) is 2.03. The molecule has 8 nitrogen and oxygen atoms in total. The first kappa shape index (κ1) is 22.6. The molecule has 4 aromatic rings. The van der Waals surface area contributed by atoms with E-state index in [9.17, 15) is 0 Å². The van der Waals surface area contributed by atoms with Crippen molar-refractivity contribution < 1.29 is 4.74 Å². The van der Waals surface area contributed by atoms with Crippen molar-refractivity contribution in [2.24, 2.45) is 0 Å². The van der Waals surface area contributed by atoms with Gasteiger partial charge in [0.1, 0.15) is 5.75 Å². The monoisotopic (exact) mass is 493 g/mol. The van der Waals surface area contributed by atoms with E-state index < -0.39 is 0 Å². The molecule has 0 radical (unpaired) electrons. The van der Waals surface area contributed by atoms with E-state index in [0.717, 1.165) is 70.7 Å². The highest BCUT2D eigenvalue weighted by Crippen LogP contribution is 2.35. The molecule has 10 heteroatoms. The van der Waals surface area contributed by atoms with Crippen molar-refractivity contribution in [3.63, 3.8) is 0 Å². The lowest BCUT2D eigenvalue weighted by atomic mass is 10.2. The van der Waals surface area contributed by atoms with Crippen LogP contribution in [-0.4, -0.2) is 49.5 Å². The third-order valence-electron chi connectivity index (χ3n) is 5.61. The molecule has 1 saturated heterocycles. The van der Waals surface area contributed by atoms with Gasteiger partial charge < -0.3 is 30.3 Å². The summed E-state index contributed by atoms with van der Waals surface area (Å²) >= 11 is 3.17. The van der Waals surface area contributed by atoms with E-state index in [-0.39, 0.29) is 0 Å². The maximum Gasteiger partial charge on any atom is 0.229 e. The van der Waals surface area contributed by atoms with Crippen LogP contribution < -0.4 is 30.3 Å². The maximum atomic E-state index is 5.71. The third kappa shape index (κ3) is 4.84. The molecule has 2 aromatic carbocycles. The van der Waals surface area contributed by atoms with Crippen LogP contribution >= 0.6 is 23.3 Å². The number of piperazine rings is 1. The average molecular weight is 494 g/mol. The molecule has 0 amide bonds. The Morgan fingerprint density at radius 1 is 1.00 bits per heavy atom. The summed E-state index contributed by atoms with van der Waals surface area (Å²) in [7, 11) is 1.69. The Morgan fingerprint density at radius 2 is 1.82 bits per heavy atom. The fourth-order valence-electron chi connectivity index (χ4n) is 3.95. The largest absolute Gasteiger partial charge is 0.494 e. The lowest BCUT2D eigenvalue weighted by molar-refractivity contribution is 0.416. The molecule has 3 heterocycles. The van der Waals surface area contributed by atoms with Gasteiger partial charge in [0, 0.05) is 44.2 Å². The molecule has 5 rings (SSSR count). The number of nitrogens with one attached hydrogen (secondary N) is 4. The van der Waals surface area contributed by atoms with Gasteiger partial charge in [0.2, 0.25) is 5.95 Å². The number of benzene rings is 2. The number of rotatable bonds is 8. The Balaban J connectivity index is 1.45. The van der Waals surface area contributed by atoms with Crippen LogP contribution in [0.15, 0.2) is 53.9 Å². The van der Waals surface area contributed by atoms with Crippen molar-refractivity contribution in [1.29, 1.82) is 0 Å². The van der Waals surface area contributed by atoms with Gasteiger partial charge in [-0.2, -0.15) is 4.98 Å². The van der Waals surface area contributed by atoms with Gasteiger partial charge in [0.15, 0.2) is 5.82 Å². The highest BCUT2D eigenvalue weighted by atomic mass is 32.2. The molecule has 0 unspecified atom stereocenters. The number of hydrogen-bond donors (Lipinski definition) is 4. The fraction of sp³-hybridized carbons (Fsp3) is 0.250. The Bertz CT molecular complexity index is 1270. The van der Waals surface area contributed by atoms with Gasteiger partial charge in [-0.25, -0.2) is 4.98 Å². The first-order valence-electron chi connectivity index (χ1n) is 11.1. The zero-order valence-corrected chi connectivity index (χ0v) is 20.7. The molecule has 1 aliphatic heterocycles. The second-order valence-electron chi connectivity index (χ2n) is 7.75. The Labute approximate surface area is 207 Å². The normalized spacial score (nSPS) is 13.6. The van der Waals surface area contributed by atoms with Gasteiger partial charge in [-0.15, -0.1) is 11.3 Å². The fourth-order valence-corrected chi connectivity index (χ4v) is 5.12. The number of para-hydroxylation sites is 2. The summed E-state index contributed by atoms with van der Waals surface area (Å²) < 4.78 is 10.0. The van der Waals surface area contributed by atoms with Crippen molar-refractivity contribution >= 4 is 68.0 Å². The number of aromatic nitrogens is 2. The van der Waals surface area contributed by atoms with E-state index >= 15 is 0 Å². The van der Waals surface area contributed by atoms with Gasteiger partial charge >= 0.3 is 0 Å². The molecule has 34 heavy (non-hydrogen) atoms. The Morgan fingerprint density at radius 3 is 2.62 bits per heavy atom. The highest BCUT2D eigenvalue weighted by Gasteiger charge is 2.15. The van der Waals surface area contributed by atoms with Crippen LogP contribution in [0.5, 0.6) is 5.75 Å². The summed E-state index contributed by atoms with van der Waals surface area (Å²) in [6, 6.07) is 16.3. The molecule has 1 fully saturated rings. The van der Waals surface area contributed by atoms with Gasteiger partial charge in [0.25, 0.3) is 0 Å². The molecular formula is C24H27N7OS2. The van der Waals surface area contributed by atoms with E-state index in [1.165, 1.54) is 0 Å². The Kier molecular flexibility index (Phi) is 6.89. The molecule has 176 valence electrons. The SMILES string of the molecule is COc1cc(N2CCNCC2)ccc1Nc1nc(Nc2ccccc2NSC)c2sccc2n1. The van der Waals surface area contributed by atoms with E-state index in [2.05, 4.69) is 37.7 Å². The predicted molar refractivity (Wildman–Crippen MR) is 146 cm³/mol. The number of ether oxygens (including phenoxy) is 1. The number of methoxy groups -OCH3 is 1. The summed E-state index contributed by atoms with van der Waals surface area (Å²) in [6.45, 7) is 3.94. The summed E-state index contributed by atoms with van der Waals surface area (Å²) in [6.07, 6.45) is 2.00. The van der Waals surface area contributed by atoms with Crippen LogP contribution in [0.2, 0.25) is 0 Å². The molecule has 0 bridgehead atoms. The minimum Gasteiger partial charge on any atom is -0.494 e. The van der Waals surface area contributed by atoms with Crippen molar-refractivity contribution in [1.82, 2.24) is 15.3 Å². The lowest BCUT2D eigenvalue weighted by Crippen LogP contribution is -2.43. The van der Waals surface area contributed by atoms with Crippen molar-refractivity contribution in [2.75, 3.05) is 59.8 Å². The van der Waals surface area contributed by atoms with Crippen LogP contribution in [0.1, 0.15) is 0 Å². The molecule has 2 aromatic heterocycles. The predicted octanol–water partition coefficient (Wildman–Crippen LogP) is 5.29. The zero-order chi connectivity index (χ0) is 23.3. The molecule has 0 atom stereocenters. The van der Waals surface area contributed by atoms with E-state index in [1.807, 2.05) is 48.0 Å². The molecule has 4 N–H and O–H groups in total. The van der Waals surface area contributed by atoms with E-state index in [1.54, 1.807) is 30.4 Å². The number of fused-ring (bicyclic) bond motifs is 1. The van der Waals surface area contributed by atoms with Gasteiger partial charge in [-0.05, 0) is 35.7 Å². The van der Waals surface area contributed by atoms with Crippen molar-refractivity contribution in [3.05, 3.63) is 53.9 Å². The van der Waals surface area contributed by atoms with Crippen LogP contribution in [0, 0.1) is 0 Å². The molecule has 0 saturated carbocycles. The zero-order valence-electron chi connectivity index (χ0n) is 19.1. The molecule has 0 aliphatic carbocycles. The van der Waals surface area contributed by atoms with E-state index in [4.69, 9.17) is 14.7 Å². The van der Waals surface area contributed by atoms with Crippen LogP contribution in [0.25, 0.3) is 10.2 Å². The summed E-state index contributed by atoms with van der Waals surface area (Å²) in [5.41, 5.74) is 4.81. The van der Waals surface area contributed by atoms with Gasteiger partial charge in [-0.3, -0.25) is 0 Å². The second-order valence-corrected chi connectivity index (χ2v) is 9.28. The van der Waals surface area contributed by atoms with Crippen LogP contribution in [0.3, 0.4) is 0 Å². The quantitative estimate of drug-likeness (QED) is 0.245. The van der Waals surface area contributed by atoms with Crippen LogP contribution in [0.4, 0.5) is 34.5 Å². The summed E-state index contributed by atoms with van der Waals surface area (Å²) in [5, 5.41) is 12.3. The third-order valence-corrected chi connectivity index (χ3v) is 6.94. The van der Waals surface area contributed by atoms with Gasteiger partial charge in [0.05, 0.1) is 34.4 Å². The smallest absolute Gasteiger partial charge is 0.229 e.